The van der Waals surface area contributed by atoms with Crippen molar-refractivity contribution in [1.29, 1.82) is 0 Å². The first-order valence-corrected chi connectivity index (χ1v) is 6.26. The lowest BCUT2D eigenvalue weighted by Gasteiger charge is -2.06. The van der Waals surface area contributed by atoms with Crippen molar-refractivity contribution in [3.63, 3.8) is 0 Å². The molecule has 0 saturated carbocycles. The number of para-hydroxylation sites is 1. The van der Waals surface area contributed by atoms with Crippen molar-refractivity contribution < 1.29 is 19.5 Å². The number of carbonyl (C=O) groups is 1. The van der Waals surface area contributed by atoms with Gasteiger partial charge in [-0.1, -0.05) is 25.5 Å². The van der Waals surface area contributed by atoms with Gasteiger partial charge >= 0.3 is 5.97 Å². The summed E-state index contributed by atoms with van der Waals surface area (Å²) in [5, 5.41) is 8.87. The van der Waals surface area contributed by atoms with Gasteiger partial charge in [0.2, 0.25) is 0 Å². The molecule has 5 heteroatoms. The normalized spacial score (nSPS) is 10.8. The molecule has 0 spiro atoms. The maximum atomic E-state index is 10.8. The molecule has 0 fully saturated rings. The molecule has 0 amide bonds. The number of rotatable bonds is 7. The molecule has 1 aromatic rings. The highest BCUT2D eigenvalue weighted by molar-refractivity contribution is 7.32. The monoisotopic (exact) mass is 242 g/mol. The Bertz CT molecular complexity index is 341. The molecular formula is C11H15O4P. The summed E-state index contributed by atoms with van der Waals surface area (Å²) >= 11 is 0. The Labute approximate surface area is 96.4 Å². The van der Waals surface area contributed by atoms with E-state index in [4.69, 9.17) is 14.7 Å². The molecule has 1 atom stereocenters. The van der Waals surface area contributed by atoms with Crippen molar-refractivity contribution in [3.05, 3.63) is 29.8 Å². The van der Waals surface area contributed by atoms with Crippen LogP contribution in [-0.4, -0.2) is 17.2 Å². The van der Waals surface area contributed by atoms with Gasteiger partial charge in [0.05, 0.1) is 8.81 Å². The van der Waals surface area contributed by atoms with Gasteiger partial charge in [0, 0.05) is 0 Å². The molecule has 1 aromatic carbocycles. The summed E-state index contributed by atoms with van der Waals surface area (Å²) in [6.07, 6.45) is 3.14. The van der Waals surface area contributed by atoms with Crippen LogP contribution in [-0.2, 0) is 4.67 Å². The number of carboxylic acids is 1. The van der Waals surface area contributed by atoms with E-state index in [1.807, 2.05) is 0 Å². The van der Waals surface area contributed by atoms with Crippen LogP contribution in [0.15, 0.2) is 24.3 Å². The van der Waals surface area contributed by atoms with E-state index in [0.29, 0.717) is 0 Å². The average Bonchev–Trinajstić information content (AvgIpc) is 2.29. The average molecular weight is 242 g/mol. The lowest BCUT2D eigenvalue weighted by molar-refractivity contribution is -0.0848. The highest BCUT2D eigenvalue weighted by Gasteiger charge is 2.10. The molecule has 0 radical (unpaired) electrons. The second kappa shape index (κ2) is 7.20. The van der Waals surface area contributed by atoms with Gasteiger partial charge in [-0.2, -0.15) is 4.67 Å². The minimum absolute atomic E-state index is 0.114. The van der Waals surface area contributed by atoms with Crippen molar-refractivity contribution in [2.45, 2.75) is 19.8 Å². The standard InChI is InChI=1S/C11H15O4P/c1-2-3-8-16-15-14-10-7-5-4-6-9(10)11(12)13/h4-7,16H,2-3,8H2,1H3,(H,12,13). The fraction of sp³-hybridized carbons (Fsp3) is 0.364. The minimum atomic E-state index is -1.02. The smallest absolute Gasteiger partial charge is 0.339 e. The molecular weight excluding hydrogens is 227 g/mol. The number of hydrogen-bond acceptors (Lipinski definition) is 3. The van der Waals surface area contributed by atoms with Crippen LogP contribution in [0.5, 0.6) is 5.75 Å². The van der Waals surface area contributed by atoms with Crippen molar-refractivity contribution in [2.24, 2.45) is 0 Å². The summed E-state index contributed by atoms with van der Waals surface area (Å²) < 4.78 is 4.98. The quantitative estimate of drug-likeness (QED) is 0.345. The van der Waals surface area contributed by atoms with E-state index in [1.165, 1.54) is 6.07 Å². The molecule has 1 N–H and O–H groups in total. The first-order valence-electron chi connectivity index (χ1n) is 5.14. The predicted molar refractivity (Wildman–Crippen MR) is 63.2 cm³/mol. The Morgan fingerprint density at radius 2 is 2.19 bits per heavy atom. The van der Waals surface area contributed by atoms with E-state index in [0.717, 1.165) is 19.0 Å². The second-order valence-electron chi connectivity index (χ2n) is 3.22. The lowest BCUT2D eigenvalue weighted by atomic mass is 10.2. The van der Waals surface area contributed by atoms with Gasteiger partial charge in [-0.25, -0.2) is 4.79 Å². The molecule has 1 unspecified atom stereocenters. The van der Waals surface area contributed by atoms with E-state index >= 15 is 0 Å². The van der Waals surface area contributed by atoms with Gasteiger partial charge in [-0.15, -0.1) is 0 Å². The summed E-state index contributed by atoms with van der Waals surface area (Å²) in [4.78, 5) is 15.8. The summed E-state index contributed by atoms with van der Waals surface area (Å²) in [5.74, 6) is -0.768. The third kappa shape index (κ3) is 4.17. The SMILES string of the molecule is CCCCPOOc1ccccc1C(=O)O. The van der Waals surface area contributed by atoms with E-state index < -0.39 is 5.97 Å². The molecule has 1 rings (SSSR count). The van der Waals surface area contributed by atoms with Crippen LogP contribution >= 0.6 is 8.81 Å². The maximum absolute atomic E-state index is 10.8. The van der Waals surface area contributed by atoms with E-state index in [1.54, 1.807) is 18.2 Å². The number of unbranched alkanes of at least 4 members (excludes halogenated alkanes) is 1. The zero-order chi connectivity index (χ0) is 11.8. The Hall–Kier alpha value is -1.12. The predicted octanol–water partition coefficient (Wildman–Crippen LogP) is 3.09. The van der Waals surface area contributed by atoms with Crippen molar-refractivity contribution in [3.8, 4) is 5.75 Å². The van der Waals surface area contributed by atoms with Crippen molar-refractivity contribution in [2.75, 3.05) is 6.16 Å². The van der Waals surface area contributed by atoms with Gasteiger partial charge in [0.25, 0.3) is 0 Å². The van der Waals surface area contributed by atoms with Gasteiger partial charge < -0.3 is 9.99 Å². The van der Waals surface area contributed by atoms with Crippen molar-refractivity contribution in [1.82, 2.24) is 0 Å². The number of carboxylic acid groups (broad SMARTS) is 1. The molecule has 0 aliphatic carbocycles. The van der Waals surface area contributed by atoms with Crippen LogP contribution in [0.3, 0.4) is 0 Å². The third-order valence-corrected chi connectivity index (χ3v) is 2.70. The van der Waals surface area contributed by atoms with Gasteiger partial charge in [0.1, 0.15) is 5.56 Å². The molecule has 0 aromatic heterocycles. The first kappa shape index (κ1) is 12.9. The van der Waals surface area contributed by atoms with E-state index in [9.17, 15) is 4.79 Å². The third-order valence-electron chi connectivity index (χ3n) is 1.94. The summed E-state index contributed by atoms with van der Waals surface area (Å²) in [6.45, 7) is 2.10. The fourth-order valence-electron chi connectivity index (χ4n) is 1.08. The molecule has 0 saturated heterocycles. The molecule has 16 heavy (non-hydrogen) atoms. The topological polar surface area (TPSA) is 55.8 Å². The molecule has 4 nitrogen and oxygen atoms in total. The minimum Gasteiger partial charge on any atom is -0.478 e. The van der Waals surface area contributed by atoms with Crippen molar-refractivity contribution >= 4 is 14.8 Å². The molecule has 0 aliphatic heterocycles. The Morgan fingerprint density at radius 1 is 1.44 bits per heavy atom. The Balaban J connectivity index is 2.44. The lowest BCUT2D eigenvalue weighted by Crippen LogP contribution is -2.01. The van der Waals surface area contributed by atoms with Crippen LogP contribution < -0.4 is 4.89 Å². The molecule has 0 bridgehead atoms. The molecule has 88 valence electrons. The van der Waals surface area contributed by atoms with Crippen LogP contribution in [0.4, 0.5) is 0 Å². The Morgan fingerprint density at radius 3 is 2.88 bits per heavy atom. The highest BCUT2D eigenvalue weighted by atomic mass is 31.1. The largest absolute Gasteiger partial charge is 0.478 e. The zero-order valence-electron chi connectivity index (χ0n) is 9.10. The highest BCUT2D eigenvalue weighted by Crippen LogP contribution is 2.22. The van der Waals surface area contributed by atoms with Gasteiger partial charge in [-0.05, 0) is 24.7 Å². The van der Waals surface area contributed by atoms with Crippen LogP contribution in [0.1, 0.15) is 30.1 Å². The summed E-state index contributed by atoms with van der Waals surface area (Å²) in [5.41, 5.74) is 0.114. The van der Waals surface area contributed by atoms with Crippen LogP contribution in [0, 0.1) is 0 Å². The van der Waals surface area contributed by atoms with Gasteiger partial charge in [0.15, 0.2) is 5.75 Å². The molecule has 0 heterocycles. The van der Waals surface area contributed by atoms with Gasteiger partial charge in [-0.3, -0.25) is 0 Å². The summed E-state index contributed by atoms with van der Waals surface area (Å²) in [6, 6.07) is 6.42. The summed E-state index contributed by atoms with van der Waals surface area (Å²) in [7, 11) is 0.239. The fourth-order valence-corrected chi connectivity index (χ4v) is 1.81. The van der Waals surface area contributed by atoms with E-state index in [2.05, 4.69) is 6.92 Å². The van der Waals surface area contributed by atoms with Crippen LogP contribution in [0.2, 0.25) is 0 Å². The second-order valence-corrected chi connectivity index (χ2v) is 4.17. The first-order chi connectivity index (χ1) is 7.75. The number of benzene rings is 1. The number of hydrogen-bond donors (Lipinski definition) is 1. The molecule has 0 aliphatic rings. The van der Waals surface area contributed by atoms with E-state index in [-0.39, 0.29) is 20.1 Å². The van der Waals surface area contributed by atoms with Crippen LogP contribution in [0.25, 0.3) is 0 Å². The Kier molecular flexibility index (Phi) is 5.83. The zero-order valence-corrected chi connectivity index (χ0v) is 10.1. The number of aromatic carboxylic acids is 1. The maximum Gasteiger partial charge on any atom is 0.339 e.